The van der Waals surface area contributed by atoms with E-state index in [0.717, 1.165) is 17.5 Å². The summed E-state index contributed by atoms with van der Waals surface area (Å²) in [5.41, 5.74) is 0.822. The molecule has 1 atom stereocenters. The van der Waals surface area contributed by atoms with Crippen LogP contribution in [0, 0.1) is 5.41 Å². The minimum Gasteiger partial charge on any atom is -0.311 e. The van der Waals surface area contributed by atoms with E-state index in [1.54, 1.807) is 0 Å². The lowest BCUT2D eigenvalue weighted by molar-refractivity contribution is 0.378. The molecule has 3 fully saturated rings. The molecule has 3 aliphatic carbocycles. The van der Waals surface area contributed by atoms with Gasteiger partial charge in [-0.2, -0.15) is 0 Å². The molecule has 0 aromatic carbocycles. The van der Waals surface area contributed by atoms with Crippen molar-refractivity contribution >= 4 is 0 Å². The van der Waals surface area contributed by atoms with Crippen molar-refractivity contribution in [2.75, 3.05) is 0 Å². The van der Waals surface area contributed by atoms with Gasteiger partial charge in [-0.25, -0.2) is 0 Å². The van der Waals surface area contributed by atoms with Gasteiger partial charge < -0.3 is 5.32 Å². The minimum absolute atomic E-state index is 0.822. The van der Waals surface area contributed by atoms with E-state index in [0.29, 0.717) is 0 Å². The van der Waals surface area contributed by atoms with Crippen LogP contribution in [0.1, 0.15) is 44.9 Å². The van der Waals surface area contributed by atoms with Crippen LogP contribution >= 0.6 is 0 Å². The van der Waals surface area contributed by atoms with Crippen molar-refractivity contribution in [3.8, 4) is 0 Å². The highest BCUT2D eigenvalue weighted by Crippen LogP contribution is 2.58. The van der Waals surface area contributed by atoms with Crippen LogP contribution in [0.25, 0.3) is 0 Å². The number of hydrogen-bond donors (Lipinski definition) is 1. The average Bonchev–Trinajstić information content (AvgIpc) is 2.77. The molecule has 0 aliphatic heterocycles. The molecule has 0 amide bonds. The predicted molar refractivity (Wildman–Crippen MR) is 45.5 cm³/mol. The summed E-state index contributed by atoms with van der Waals surface area (Å²) in [5.74, 6) is 0. The van der Waals surface area contributed by atoms with E-state index < -0.39 is 0 Å². The van der Waals surface area contributed by atoms with Gasteiger partial charge in [-0.1, -0.05) is 6.42 Å². The van der Waals surface area contributed by atoms with Crippen molar-refractivity contribution in [2.45, 2.75) is 57.0 Å². The third-order valence-electron chi connectivity index (χ3n) is 3.81. The fourth-order valence-electron chi connectivity index (χ4n) is 2.69. The summed E-state index contributed by atoms with van der Waals surface area (Å²) in [7, 11) is 0. The second kappa shape index (κ2) is 2.01. The van der Waals surface area contributed by atoms with Crippen LogP contribution in [0.15, 0.2) is 0 Å². The SMILES string of the molecule is C1CC(NC2CC2)C2(C1)CC2. The lowest BCUT2D eigenvalue weighted by Crippen LogP contribution is -2.34. The molecular weight excluding hydrogens is 134 g/mol. The molecular formula is C10H17N. The normalized spacial score (nSPS) is 39.8. The zero-order valence-corrected chi connectivity index (χ0v) is 7.10. The van der Waals surface area contributed by atoms with E-state index in [1.807, 2.05) is 0 Å². The van der Waals surface area contributed by atoms with Crippen molar-refractivity contribution in [3.63, 3.8) is 0 Å². The maximum atomic E-state index is 3.81. The standard InChI is InChI=1S/C10H17N/c1-2-9(11-8-3-4-8)10(5-1)6-7-10/h8-9,11H,1-7H2. The van der Waals surface area contributed by atoms with Crippen LogP contribution < -0.4 is 5.32 Å². The molecule has 1 heteroatoms. The Morgan fingerprint density at radius 1 is 1.00 bits per heavy atom. The molecule has 62 valence electrons. The first-order valence-electron chi connectivity index (χ1n) is 5.15. The molecule has 1 N–H and O–H groups in total. The Hall–Kier alpha value is -0.0400. The maximum Gasteiger partial charge on any atom is 0.0126 e. The molecule has 11 heavy (non-hydrogen) atoms. The van der Waals surface area contributed by atoms with Gasteiger partial charge in [0, 0.05) is 12.1 Å². The fraction of sp³-hybridized carbons (Fsp3) is 1.00. The first-order valence-corrected chi connectivity index (χ1v) is 5.15. The van der Waals surface area contributed by atoms with Crippen molar-refractivity contribution < 1.29 is 0 Å². The number of nitrogens with one attached hydrogen (secondary N) is 1. The van der Waals surface area contributed by atoms with E-state index in [4.69, 9.17) is 0 Å². The number of rotatable bonds is 2. The topological polar surface area (TPSA) is 12.0 Å². The summed E-state index contributed by atoms with van der Waals surface area (Å²) < 4.78 is 0. The lowest BCUT2D eigenvalue weighted by atomic mass is 10.0. The smallest absolute Gasteiger partial charge is 0.0126 e. The zero-order chi connectivity index (χ0) is 7.31. The van der Waals surface area contributed by atoms with Crippen molar-refractivity contribution in [1.29, 1.82) is 0 Å². The van der Waals surface area contributed by atoms with Gasteiger partial charge in [-0.15, -0.1) is 0 Å². The van der Waals surface area contributed by atoms with Gasteiger partial charge in [0.25, 0.3) is 0 Å². The fourth-order valence-corrected chi connectivity index (χ4v) is 2.69. The van der Waals surface area contributed by atoms with Crippen LogP contribution in [0.3, 0.4) is 0 Å². The third kappa shape index (κ3) is 1.01. The number of hydrogen-bond acceptors (Lipinski definition) is 1. The van der Waals surface area contributed by atoms with E-state index in [2.05, 4.69) is 5.32 Å². The minimum atomic E-state index is 0.822. The van der Waals surface area contributed by atoms with Crippen LogP contribution in [0.5, 0.6) is 0 Å². The molecule has 0 heterocycles. The average molecular weight is 151 g/mol. The van der Waals surface area contributed by atoms with Crippen molar-refractivity contribution in [1.82, 2.24) is 5.32 Å². The second-order valence-electron chi connectivity index (χ2n) is 4.75. The molecule has 1 spiro atoms. The van der Waals surface area contributed by atoms with Gasteiger partial charge in [-0.05, 0) is 43.9 Å². The van der Waals surface area contributed by atoms with E-state index in [-0.39, 0.29) is 0 Å². The molecule has 0 radical (unpaired) electrons. The summed E-state index contributed by atoms with van der Waals surface area (Å²) in [6, 6.07) is 1.85. The Bertz CT molecular complexity index is 168. The maximum absolute atomic E-state index is 3.81. The predicted octanol–water partition coefficient (Wildman–Crippen LogP) is 2.07. The summed E-state index contributed by atoms with van der Waals surface area (Å²) in [6.07, 6.45) is 10.4. The molecule has 0 saturated heterocycles. The second-order valence-corrected chi connectivity index (χ2v) is 4.75. The molecule has 1 nitrogen and oxygen atoms in total. The van der Waals surface area contributed by atoms with E-state index in [9.17, 15) is 0 Å². The highest BCUT2D eigenvalue weighted by Gasteiger charge is 2.52. The Morgan fingerprint density at radius 3 is 2.45 bits per heavy atom. The van der Waals surface area contributed by atoms with Crippen LogP contribution in [-0.4, -0.2) is 12.1 Å². The summed E-state index contributed by atoms with van der Waals surface area (Å²) in [5, 5.41) is 3.81. The first kappa shape index (κ1) is 6.47. The van der Waals surface area contributed by atoms with E-state index in [1.165, 1.54) is 44.9 Å². The quantitative estimate of drug-likeness (QED) is 0.637. The van der Waals surface area contributed by atoms with Crippen molar-refractivity contribution in [2.24, 2.45) is 5.41 Å². The largest absolute Gasteiger partial charge is 0.311 e. The zero-order valence-electron chi connectivity index (χ0n) is 7.10. The van der Waals surface area contributed by atoms with Crippen LogP contribution in [0.4, 0.5) is 0 Å². The van der Waals surface area contributed by atoms with Gasteiger partial charge in [0.15, 0.2) is 0 Å². The summed E-state index contributed by atoms with van der Waals surface area (Å²) in [4.78, 5) is 0. The molecule has 0 aromatic rings. The summed E-state index contributed by atoms with van der Waals surface area (Å²) >= 11 is 0. The Kier molecular flexibility index (Phi) is 1.18. The van der Waals surface area contributed by atoms with Crippen molar-refractivity contribution in [3.05, 3.63) is 0 Å². The molecule has 1 unspecified atom stereocenters. The highest BCUT2D eigenvalue weighted by molar-refractivity contribution is 5.07. The van der Waals surface area contributed by atoms with Crippen LogP contribution in [0.2, 0.25) is 0 Å². The monoisotopic (exact) mass is 151 g/mol. The molecule has 0 aromatic heterocycles. The molecule has 3 rings (SSSR count). The Labute approximate surface area is 68.6 Å². The van der Waals surface area contributed by atoms with Crippen LogP contribution in [-0.2, 0) is 0 Å². The Balaban J connectivity index is 1.66. The van der Waals surface area contributed by atoms with Gasteiger partial charge in [0.2, 0.25) is 0 Å². The highest BCUT2D eigenvalue weighted by atomic mass is 15.0. The van der Waals surface area contributed by atoms with Gasteiger partial charge in [0.1, 0.15) is 0 Å². The van der Waals surface area contributed by atoms with Gasteiger partial charge >= 0.3 is 0 Å². The molecule has 3 aliphatic rings. The molecule has 3 saturated carbocycles. The molecule has 0 bridgehead atoms. The Morgan fingerprint density at radius 2 is 1.82 bits per heavy atom. The van der Waals surface area contributed by atoms with E-state index >= 15 is 0 Å². The lowest BCUT2D eigenvalue weighted by Gasteiger charge is -2.19. The van der Waals surface area contributed by atoms with Gasteiger partial charge in [0.05, 0.1) is 0 Å². The third-order valence-corrected chi connectivity index (χ3v) is 3.81. The first-order chi connectivity index (χ1) is 5.39. The van der Waals surface area contributed by atoms with Gasteiger partial charge in [-0.3, -0.25) is 0 Å². The summed E-state index contributed by atoms with van der Waals surface area (Å²) in [6.45, 7) is 0.